The van der Waals surface area contributed by atoms with Crippen LogP contribution in [-0.2, 0) is 16.1 Å². The van der Waals surface area contributed by atoms with Crippen molar-refractivity contribution in [3.63, 3.8) is 0 Å². The Morgan fingerprint density at radius 2 is 1.90 bits per heavy atom. The number of hydrogen-bond acceptors (Lipinski definition) is 4. The minimum Gasteiger partial charge on any atom is -0.489 e. The van der Waals surface area contributed by atoms with Crippen molar-refractivity contribution < 1.29 is 19.1 Å². The fraction of sp³-hybridized carbons (Fsp3) is 0.304. The van der Waals surface area contributed by atoms with Crippen LogP contribution in [0.2, 0.25) is 0 Å². The zero-order valence-corrected chi connectivity index (χ0v) is 16.9. The smallest absolute Gasteiger partial charge is 0.319 e. The number of ether oxygens (including phenoxy) is 2. The number of nitrogens with one attached hydrogen (secondary N) is 2. The number of carbonyl (C=O) groups is 2. The minimum absolute atomic E-state index is 0.0936. The zero-order valence-electron chi connectivity index (χ0n) is 16.9. The van der Waals surface area contributed by atoms with Crippen molar-refractivity contribution in [3.8, 4) is 5.75 Å². The van der Waals surface area contributed by atoms with Crippen molar-refractivity contribution in [3.05, 3.63) is 77.0 Å². The SMILES string of the molecule is CC1=C(C(=O)N2CCOCC2)C(c2cccc(OCc3ccccc3)c2)NC(=O)N1. The lowest BCUT2D eigenvalue weighted by molar-refractivity contribution is -0.131. The average molecular weight is 407 g/mol. The molecular formula is C23H25N3O4. The molecule has 3 amide bonds. The lowest BCUT2D eigenvalue weighted by atomic mass is 9.94. The first-order valence-electron chi connectivity index (χ1n) is 10.0. The van der Waals surface area contributed by atoms with Crippen molar-refractivity contribution in [1.82, 2.24) is 15.5 Å². The highest BCUT2D eigenvalue weighted by Gasteiger charge is 2.34. The largest absolute Gasteiger partial charge is 0.489 e. The molecule has 0 aromatic heterocycles. The van der Waals surface area contributed by atoms with E-state index in [1.807, 2.05) is 54.6 Å². The summed E-state index contributed by atoms with van der Waals surface area (Å²) in [5.41, 5.74) is 2.97. The van der Waals surface area contributed by atoms with Gasteiger partial charge in [0.2, 0.25) is 0 Å². The number of amides is 3. The first kappa shape index (κ1) is 20.0. The molecule has 0 bridgehead atoms. The first-order valence-corrected chi connectivity index (χ1v) is 10.0. The van der Waals surface area contributed by atoms with E-state index in [1.54, 1.807) is 11.8 Å². The Morgan fingerprint density at radius 3 is 2.67 bits per heavy atom. The van der Waals surface area contributed by atoms with Crippen molar-refractivity contribution in [2.24, 2.45) is 0 Å². The molecule has 7 nitrogen and oxygen atoms in total. The van der Waals surface area contributed by atoms with E-state index in [2.05, 4.69) is 10.6 Å². The van der Waals surface area contributed by atoms with Gasteiger partial charge in [-0.1, -0.05) is 42.5 Å². The number of allylic oxidation sites excluding steroid dienone is 1. The predicted molar refractivity (Wildman–Crippen MR) is 112 cm³/mol. The summed E-state index contributed by atoms with van der Waals surface area (Å²) in [6.07, 6.45) is 0. The summed E-state index contributed by atoms with van der Waals surface area (Å²) in [5, 5.41) is 5.62. The fourth-order valence-electron chi connectivity index (χ4n) is 3.69. The second-order valence-corrected chi connectivity index (χ2v) is 7.32. The minimum atomic E-state index is -0.547. The van der Waals surface area contributed by atoms with Gasteiger partial charge >= 0.3 is 6.03 Å². The molecule has 1 saturated heterocycles. The van der Waals surface area contributed by atoms with Crippen LogP contribution in [0.4, 0.5) is 4.79 Å². The van der Waals surface area contributed by atoms with Gasteiger partial charge in [-0.25, -0.2) is 4.79 Å². The lowest BCUT2D eigenvalue weighted by Crippen LogP contribution is -2.49. The molecule has 156 valence electrons. The van der Waals surface area contributed by atoms with E-state index in [9.17, 15) is 9.59 Å². The maximum atomic E-state index is 13.2. The van der Waals surface area contributed by atoms with E-state index in [0.717, 1.165) is 11.1 Å². The molecule has 2 aromatic rings. The number of hydrogen-bond donors (Lipinski definition) is 2. The van der Waals surface area contributed by atoms with Gasteiger partial charge in [0.25, 0.3) is 5.91 Å². The van der Waals surface area contributed by atoms with E-state index in [4.69, 9.17) is 9.47 Å². The Balaban J connectivity index is 1.58. The molecule has 30 heavy (non-hydrogen) atoms. The average Bonchev–Trinajstić information content (AvgIpc) is 2.78. The highest BCUT2D eigenvalue weighted by atomic mass is 16.5. The van der Waals surface area contributed by atoms with E-state index in [-0.39, 0.29) is 11.9 Å². The first-order chi connectivity index (χ1) is 14.6. The third kappa shape index (κ3) is 4.46. The number of nitrogens with zero attached hydrogens (tertiary/aromatic N) is 1. The topological polar surface area (TPSA) is 79.9 Å². The Hall–Kier alpha value is -3.32. The quantitative estimate of drug-likeness (QED) is 0.799. The van der Waals surface area contributed by atoms with E-state index in [0.29, 0.717) is 49.9 Å². The van der Waals surface area contributed by atoms with Gasteiger partial charge in [0, 0.05) is 18.8 Å². The summed E-state index contributed by atoms with van der Waals surface area (Å²) in [7, 11) is 0. The van der Waals surface area contributed by atoms with Gasteiger partial charge < -0.3 is 25.0 Å². The normalized spacial score (nSPS) is 19.2. The molecule has 0 saturated carbocycles. The number of rotatable bonds is 5. The maximum absolute atomic E-state index is 13.2. The van der Waals surface area contributed by atoms with Gasteiger partial charge in [0.05, 0.1) is 24.8 Å². The van der Waals surface area contributed by atoms with Crippen LogP contribution in [0.5, 0.6) is 5.75 Å². The van der Waals surface area contributed by atoms with Crippen LogP contribution in [0.3, 0.4) is 0 Å². The van der Waals surface area contributed by atoms with Gasteiger partial charge in [0.1, 0.15) is 12.4 Å². The summed E-state index contributed by atoms with van der Waals surface area (Å²) in [4.78, 5) is 27.2. The summed E-state index contributed by atoms with van der Waals surface area (Å²) in [6.45, 7) is 4.32. The molecule has 1 fully saturated rings. The van der Waals surface area contributed by atoms with Gasteiger partial charge in [-0.3, -0.25) is 4.79 Å². The molecule has 2 aromatic carbocycles. The molecule has 2 N–H and O–H groups in total. The van der Waals surface area contributed by atoms with Crippen LogP contribution in [0.25, 0.3) is 0 Å². The predicted octanol–water partition coefficient (Wildman–Crippen LogP) is 2.75. The Kier molecular flexibility index (Phi) is 5.99. The highest BCUT2D eigenvalue weighted by molar-refractivity contribution is 5.98. The number of carbonyl (C=O) groups excluding carboxylic acids is 2. The summed E-state index contributed by atoms with van der Waals surface area (Å²) in [5.74, 6) is 0.587. The summed E-state index contributed by atoms with van der Waals surface area (Å²) in [6, 6.07) is 16.5. The summed E-state index contributed by atoms with van der Waals surface area (Å²) >= 11 is 0. The van der Waals surface area contributed by atoms with Crippen molar-refractivity contribution in [2.75, 3.05) is 26.3 Å². The zero-order chi connectivity index (χ0) is 20.9. The molecule has 0 radical (unpaired) electrons. The number of urea groups is 1. The van der Waals surface area contributed by atoms with Crippen LogP contribution >= 0.6 is 0 Å². The van der Waals surface area contributed by atoms with Crippen molar-refractivity contribution in [2.45, 2.75) is 19.6 Å². The van der Waals surface area contributed by atoms with Crippen LogP contribution < -0.4 is 15.4 Å². The summed E-state index contributed by atoms with van der Waals surface area (Å²) < 4.78 is 11.3. The van der Waals surface area contributed by atoms with Crippen LogP contribution in [-0.4, -0.2) is 43.1 Å². The molecule has 0 aliphatic carbocycles. The van der Waals surface area contributed by atoms with Crippen LogP contribution in [0.1, 0.15) is 24.1 Å². The number of benzene rings is 2. The number of morpholine rings is 1. The molecule has 2 heterocycles. The Bertz CT molecular complexity index is 952. The standard InChI is InChI=1S/C23H25N3O4/c1-16-20(22(27)26-10-12-29-13-11-26)21(25-23(28)24-16)18-8-5-9-19(14-18)30-15-17-6-3-2-4-7-17/h2-9,14,21H,10-13,15H2,1H3,(H2,24,25,28). The molecule has 7 heteroatoms. The molecule has 1 unspecified atom stereocenters. The molecule has 4 rings (SSSR count). The van der Waals surface area contributed by atoms with Crippen LogP contribution in [0.15, 0.2) is 65.9 Å². The van der Waals surface area contributed by atoms with Gasteiger partial charge in [-0.05, 0) is 30.2 Å². The Morgan fingerprint density at radius 1 is 1.13 bits per heavy atom. The highest BCUT2D eigenvalue weighted by Crippen LogP contribution is 2.30. The van der Waals surface area contributed by atoms with Gasteiger partial charge in [-0.15, -0.1) is 0 Å². The van der Waals surface area contributed by atoms with Crippen LogP contribution in [0, 0.1) is 0 Å². The third-order valence-electron chi connectivity index (χ3n) is 5.24. The third-order valence-corrected chi connectivity index (χ3v) is 5.24. The second kappa shape index (κ2) is 9.00. The molecule has 2 aliphatic heterocycles. The monoisotopic (exact) mass is 407 g/mol. The van der Waals surface area contributed by atoms with Crippen molar-refractivity contribution in [1.29, 1.82) is 0 Å². The van der Waals surface area contributed by atoms with Gasteiger partial charge in [-0.2, -0.15) is 0 Å². The molecule has 1 atom stereocenters. The molecular weight excluding hydrogens is 382 g/mol. The van der Waals surface area contributed by atoms with E-state index in [1.165, 1.54) is 0 Å². The lowest BCUT2D eigenvalue weighted by Gasteiger charge is -2.34. The van der Waals surface area contributed by atoms with Gasteiger partial charge in [0.15, 0.2) is 0 Å². The van der Waals surface area contributed by atoms with Crippen molar-refractivity contribution >= 4 is 11.9 Å². The molecule has 2 aliphatic rings. The maximum Gasteiger partial charge on any atom is 0.319 e. The van der Waals surface area contributed by atoms with E-state index >= 15 is 0 Å². The van der Waals surface area contributed by atoms with E-state index < -0.39 is 6.04 Å². The molecule has 0 spiro atoms. The Labute approximate surface area is 175 Å². The fourth-order valence-corrected chi connectivity index (χ4v) is 3.69. The second-order valence-electron chi connectivity index (χ2n) is 7.32.